The molecule has 2 aromatic rings. The smallest absolute Gasteiger partial charge is 0.191 e. The van der Waals surface area contributed by atoms with E-state index in [2.05, 4.69) is 15.8 Å². The zero-order valence-corrected chi connectivity index (χ0v) is 12.3. The van der Waals surface area contributed by atoms with Gasteiger partial charge in [0.15, 0.2) is 16.7 Å². The van der Waals surface area contributed by atoms with Crippen molar-refractivity contribution in [3.63, 3.8) is 0 Å². The van der Waals surface area contributed by atoms with Crippen molar-refractivity contribution in [2.75, 3.05) is 5.32 Å². The van der Waals surface area contributed by atoms with Gasteiger partial charge in [0.1, 0.15) is 5.82 Å². The number of hydrogen-bond acceptors (Lipinski definition) is 2. The van der Waals surface area contributed by atoms with Crippen LogP contribution in [0.2, 0.25) is 0 Å². The molecule has 0 aliphatic rings. The molecule has 0 radical (unpaired) electrons. The predicted molar refractivity (Wildman–Crippen MR) is 84.3 cm³/mol. The van der Waals surface area contributed by atoms with Crippen LogP contribution in [0.25, 0.3) is 0 Å². The highest BCUT2D eigenvalue weighted by Gasteiger charge is 2.06. The number of hydrazone groups is 1. The Labute approximate surface area is 130 Å². The van der Waals surface area contributed by atoms with Crippen molar-refractivity contribution < 1.29 is 13.2 Å². The molecule has 2 rings (SSSR count). The van der Waals surface area contributed by atoms with Gasteiger partial charge in [-0.25, -0.2) is 13.2 Å². The summed E-state index contributed by atoms with van der Waals surface area (Å²) in [6.07, 6.45) is 0. The van der Waals surface area contributed by atoms with E-state index in [1.54, 1.807) is 19.1 Å². The van der Waals surface area contributed by atoms with Crippen molar-refractivity contribution in [1.82, 2.24) is 5.43 Å². The summed E-state index contributed by atoms with van der Waals surface area (Å²) in [6, 6.07) is 9.47. The number of halogens is 3. The maximum Gasteiger partial charge on any atom is 0.191 e. The van der Waals surface area contributed by atoms with Crippen molar-refractivity contribution in [2.45, 2.75) is 6.92 Å². The molecule has 114 valence electrons. The van der Waals surface area contributed by atoms with Gasteiger partial charge >= 0.3 is 0 Å². The summed E-state index contributed by atoms with van der Waals surface area (Å²) in [5.74, 6) is -2.34. The Morgan fingerprint density at radius 2 is 1.73 bits per heavy atom. The lowest BCUT2D eigenvalue weighted by Gasteiger charge is -2.09. The molecular weight excluding hydrogens is 311 g/mol. The van der Waals surface area contributed by atoms with Crippen LogP contribution < -0.4 is 10.7 Å². The minimum absolute atomic E-state index is 0.0760. The van der Waals surface area contributed by atoms with Gasteiger partial charge in [-0.1, -0.05) is 12.1 Å². The van der Waals surface area contributed by atoms with Crippen molar-refractivity contribution in [3.05, 3.63) is 65.5 Å². The Morgan fingerprint density at radius 1 is 1.00 bits per heavy atom. The van der Waals surface area contributed by atoms with Crippen molar-refractivity contribution in [1.29, 1.82) is 0 Å². The minimum Gasteiger partial charge on any atom is -0.329 e. The molecule has 0 saturated heterocycles. The lowest BCUT2D eigenvalue weighted by molar-refractivity contribution is 0.508. The molecule has 0 spiro atoms. The first-order valence-electron chi connectivity index (χ1n) is 6.28. The Morgan fingerprint density at radius 3 is 2.41 bits per heavy atom. The van der Waals surface area contributed by atoms with E-state index >= 15 is 0 Å². The van der Waals surface area contributed by atoms with Crippen LogP contribution in [0.15, 0.2) is 47.6 Å². The van der Waals surface area contributed by atoms with Gasteiger partial charge in [0.25, 0.3) is 0 Å². The Kier molecular flexibility index (Phi) is 5.11. The average Bonchev–Trinajstić information content (AvgIpc) is 2.50. The first-order valence-corrected chi connectivity index (χ1v) is 6.69. The fraction of sp³-hybridized carbons (Fsp3) is 0.0667. The van der Waals surface area contributed by atoms with Crippen LogP contribution in [0, 0.1) is 17.5 Å². The van der Waals surface area contributed by atoms with Gasteiger partial charge in [0.05, 0.1) is 11.4 Å². The van der Waals surface area contributed by atoms with E-state index in [4.69, 9.17) is 12.2 Å². The molecule has 22 heavy (non-hydrogen) atoms. The van der Waals surface area contributed by atoms with E-state index in [-0.39, 0.29) is 10.8 Å². The van der Waals surface area contributed by atoms with Gasteiger partial charge in [-0.2, -0.15) is 5.10 Å². The summed E-state index contributed by atoms with van der Waals surface area (Å²) in [5.41, 5.74) is 3.53. The van der Waals surface area contributed by atoms with E-state index in [1.807, 2.05) is 0 Å². The number of thiocarbonyl (C=S) groups is 1. The standard InChI is InChI=1S/C15H12F3N3S/c1-9(10-6-7-11(16)13(18)8-10)20-21-15(22)19-14-5-3-2-4-12(14)17/h2-8H,1H3,(H2,19,21,22)/b20-9-. The molecular formula is C15H12F3N3S. The molecule has 0 aromatic heterocycles. The van der Waals surface area contributed by atoms with E-state index in [9.17, 15) is 13.2 Å². The SMILES string of the molecule is C/C(=N/NC(=S)Nc1ccccc1F)c1ccc(F)c(F)c1. The second-order valence-corrected chi connectivity index (χ2v) is 4.78. The fourth-order valence-corrected chi connectivity index (χ4v) is 1.79. The normalized spacial score (nSPS) is 11.2. The van der Waals surface area contributed by atoms with E-state index < -0.39 is 17.5 Å². The number of nitrogens with one attached hydrogen (secondary N) is 2. The number of hydrogen-bond donors (Lipinski definition) is 2. The Bertz CT molecular complexity index is 732. The van der Waals surface area contributed by atoms with E-state index in [0.29, 0.717) is 11.3 Å². The summed E-state index contributed by atoms with van der Waals surface area (Å²) < 4.78 is 39.4. The number of anilines is 1. The molecule has 0 saturated carbocycles. The van der Waals surface area contributed by atoms with E-state index in [1.165, 1.54) is 18.2 Å². The largest absolute Gasteiger partial charge is 0.329 e. The molecule has 0 atom stereocenters. The van der Waals surface area contributed by atoms with Gasteiger partial charge in [-0.3, -0.25) is 5.43 Å². The maximum atomic E-state index is 13.4. The van der Waals surface area contributed by atoms with Gasteiger partial charge in [0, 0.05) is 5.56 Å². The van der Waals surface area contributed by atoms with Gasteiger partial charge < -0.3 is 5.32 Å². The van der Waals surface area contributed by atoms with Gasteiger partial charge in [0.2, 0.25) is 0 Å². The monoisotopic (exact) mass is 323 g/mol. The number of nitrogens with zero attached hydrogens (tertiary/aromatic N) is 1. The van der Waals surface area contributed by atoms with Gasteiger partial charge in [-0.15, -0.1) is 0 Å². The molecule has 7 heteroatoms. The molecule has 0 aliphatic carbocycles. The fourth-order valence-electron chi connectivity index (χ4n) is 1.63. The molecule has 0 unspecified atom stereocenters. The second kappa shape index (κ2) is 7.04. The molecule has 0 amide bonds. The Balaban J connectivity index is 2.02. The third kappa shape index (κ3) is 4.05. The summed E-state index contributed by atoms with van der Waals surface area (Å²) in [7, 11) is 0. The summed E-state index contributed by atoms with van der Waals surface area (Å²) in [5, 5.41) is 6.66. The van der Waals surface area contributed by atoms with Crippen LogP contribution in [0.4, 0.5) is 18.9 Å². The number of benzene rings is 2. The van der Waals surface area contributed by atoms with Crippen LogP contribution in [0.5, 0.6) is 0 Å². The zero-order valence-electron chi connectivity index (χ0n) is 11.5. The summed E-state index contributed by atoms with van der Waals surface area (Å²) in [6.45, 7) is 1.60. The van der Waals surface area contributed by atoms with Crippen molar-refractivity contribution in [2.24, 2.45) is 5.10 Å². The molecule has 0 fully saturated rings. The summed E-state index contributed by atoms with van der Waals surface area (Å²) >= 11 is 4.98. The van der Waals surface area contributed by atoms with Crippen LogP contribution in [-0.2, 0) is 0 Å². The predicted octanol–water partition coefficient (Wildman–Crippen LogP) is 3.81. The molecule has 3 nitrogen and oxygen atoms in total. The van der Waals surface area contributed by atoms with Crippen molar-refractivity contribution >= 4 is 28.7 Å². The minimum atomic E-state index is -0.959. The molecule has 0 heterocycles. The van der Waals surface area contributed by atoms with Gasteiger partial charge in [-0.05, 0) is 49.5 Å². The first kappa shape index (κ1) is 16.0. The third-order valence-corrected chi connectivity index (χ3v) is 2.98. The van der Waals surface area contributed by atoms with Crippen LogP contribution in [0.1, 0.15) is 12.5 Å². The molecule has 0 aliphatic heterocycles. The van der Waals surface area contributed by atoms with Crippen molar-refractivity contribution in [3.8, 4) is 0 Å². The zero-order chi connectivity index (χ0) is 16.1. The highest BCUT2D eigenvalue weighted by molar-refractivity contribution is 7.80. The van der Waals surface area contributed by atoms with E-state index in [0.717, 1.165) is 12.1 Å². The highest BCUT2D eigenvalue weighted by Crippen LogP contribution is 2.12. The lowest BCUT2D eigenvalue weighted by Crippen LogP contribution is -2.25. The average molecular weight is 323 g/mol. The van der Waals surface area contributed by atoms with Crippen LogP contribution in [-0.4, -0.2) is 10.8 Å². The Hall–Kier alpha value is -2.41. The number of rotatable bonds is 3. The van der Waals surface area contributed by atoms with Crippen LogP contribution in [0.3, 0.4) is 0 Å². The third-order valence-electron chi connectivity index (χ3n) is 2.78. The summed E-state index contributed by atoms with van der Waals surface area (Å²) in [4.78, 5) is 0. The van der Waals surface area contributed by atoms with Crippen LogP contribution >= 0.6 is 12.2 Å². The highest BCUT2D eigenvalue weighted by atomic mass is 32.1. The molecule has 2 N–H and O–H groups in total. The molecule has 0 bridgehead atoms. The first-order chi connectivity index (χ1) is 10.5. The topological polar surface area (TPSA) is 36.4 Å². The lowest BCUT2D eigenvalue weighted by atomic mass is 10.1. The number of para-hydroxylation sites is 1. The second-order valence-electron chi connectivity index (χ2n) is 4.37. The maximum absolute atomic E-state index is 13.4. The molecule has 2 aromatic carbocycles. The quantitative estimate of drug-likeness (QED) is 0.512.